The molecule has 0 saturated heterocycles. The van der Waals surface area contributed by atoms with Gasteiger partial charge < -0.3 is 4.74 Å². The lowest BCUT2D eigenvalue weighted by atomic mass is 10.0. The van der Waals surface area contributed by atoms with Crippen molar-refractivity contribution in [2.75, 3.05) is 0 Å². The minimum absolute atomic E-state index is 0.239. The molecule has 0 spiro atoms. The Hall–Kier alpha value is -1.50. The molecule has 1 atom stereocenters. The molecular weight excluding hydrogens is 172 g/mol. The van der Waals surface area contributed by atoms with Crippen molar-refractivity contribution in [1.82, 2.24) is 0 Å². The van der Waals surface area contributed by atoms with Crippen LogP contribution < -0.4 is 0 Å². The Kier molecular flexibility index (Phi) is 2.40. The Morgan fingerprint density at radius 2 is 2.00 bits per heavy atom. The first kappa shape index (κ1) is 9.07. The molecule has 1 aromatic carbocycles. The van der Waals surface area contributed by atoms with Crippen molar-refractivity contribution < 1.29 is 4.74 Å². The van der Waals surface area contributed by atoms with Crippen molar-refractivity contribution in [1.29, 1.82) is 0 Å². The summed E-state index contributed by atoms with van der Waals surface area (Å²) in [5, 5.41) is 0. The topological polar surface area (TPSA) is 9.23 Å². The fourth-order valence-corrected chi connectivity index (χ4v) is 1.66. The maximum atomic E-state index is 5.74. The van der Waals surface area contributed by atoms with Crippen LogP contribution in [0.25, 0.3) is 5.76 Å². The van der Waals surface area contributed by atoms with Crippen LogP contribution in [0.3, 0.4) is 0 Å². The highest BCUT2D eigenvalue weighted by Crippen LogP contribution is 2.26. The van der Waals surface area contributed by atoms with Gasteiger partial charge in [-0.25, -0.2) is 0 Å². The number of benzene rings is 1. The third-order valence-electron chi connectivity index (χ3n) is 2.27. The molecule has 1 aliphatic rings. The predicted octanol–water partition coefficient (Wildman–Crippen LogP) is 3.39. The fourth-order valence-electron chi connectivity index (χ4n) is 1.66. The van der Waals surface area contributed by atoms with E-state index in [1.807, 2.05) is 24.3 Å². The number of allylic oxidation sites excluding steroid dienone is 1. The highest BCUT2D eigenvalue weighted by atomic mass is 16.5. The maximum Gasteiger partial charge on any atom is 0.127 e. The van der Waals surface area contributed by atoms with E-state index in [1.165, 1.54) is 0 Å². The van der Waals surface area contributed by atoms with Crippen molar-refractivity contribution >= 4 is 5.76 Å². The molecule has 0 N–H and O–H groups in total. The summed E-state index contributed by atoms with van der Waals surface area (Å²) in [7, 11) is 0. The molecular formula is C13H14O. The van der Waals surface area contributed by atoms with Gasteiger partial charge in [0.05, 0.1) is 6.10 Å². The Balaban J connectivity index is 2.31. The molecule has 0 bridgehead atoms. The molecule has 1 aliphatic heterocycles. The van der Waals surface area contributed by atoms with E-state index in [4.69, 9.17) is 4.74 Å². The van der Waals surface area contributed by atoms with Gasteiger partial charge in [0.25, 0.3) is 0 Å². The quantitative estimate of drug-likeness (QED) is 0.653. The van der Waals surface area contributed by atoms with E-state index in [2.05, 4.69) is 25.6 Å². The summed E-state index contributed by atoms with van der Waals surface area (Å²) in [4.78, 5) is 0. The van der Waals surface area contributed by atoms with Gasteiger partial charge in [-0.1, -0.05) is 36.9 Å². The lowest BCUT2D eigenvalue weighted by Crippen LogP contribution is -2.12. The second-order valence-electron chi connectivity index (χ2n) is 3.67. The van der Waals surface area contributed by atoms with Crippen LogP contribution in [0.1, 0.15) is 18.9 Å². The van der Waals surface area contributed by atoms with Crippen LogP contribution in [0.2, 0.25) is 0 Å². The van der Waals surface area contributed by atoms with Crippen LogP contribution >= 0.6 is 0 Å². The fraction of sp³-hybridized carbons (Fsp3) is 0.231. The SMILES string of the molecule is C=C1C=C(c2ccccc2)OC(C)C1. The molecule has 0 saturated carbocycles. The number of hydrogen-bond acceptors (Lipinski definition) is 1. The zero-order chi connectivity index (χ0) is 9.97. The maximum absolute atomic E-state index is 5.74. The van der Waals surface area contributed by atoms with Crippen molar-refractivity contribution in [3.8, 4) is 0 Å². The van der Waals surface area contributed by atoms with Crippen molar-refractivity contribution in [2.24, 2.45) is 0 Å². The summed E-state index contributed by atoms with van der Waals surface area (Å²) in [6.07, 6.45) is 3.19. The Labute approximate surface area is 84.7 Å². The van der Waals surface area contributed by atoms with Gasteiger partial charge in [-0.05, 0) is 18.6 Å². The summed E-state index contributed by atoms with van der Waals surface area (Å²) in [5.41, 5.74) is 2.27. The minimum Gasteiger partial charge on any atom is -0.490 e. The standard InChI is InChI=1S/C13H14O/c1-10-8-11(2)14-13(9-10)12-6-4-3-5-7-12/h3-7,9,11H,1,8H2,2H3. The Bertz CT molecular complexity index is 362. The highest BCUT2D eigenvalue weighted by molar-refractivity contribution is 5.63. The van der Waals surface area contributed by atoms with Crippen LogP contribution in [0, 0.1) is 0 Å². The van der Waals surface area contributed by atoms with Crippen molar-refractivity contribution in [3.05, 3.63) is 54.1 Å². The summed E-state index contributed by atoms with van der Waals surface area (Å²) < 4.78 is 5.74. The highest BCUT2D eigenvalue weighted by Gasteiger charge is 2.14. The average molecular weight is 186 g/mol. The normalized spacial score (nSPS) is 21.4. The van der Waals surface area contributed by atoms with Crippen LogP contribution in [-0.4, -0.2) is 6.10 Å². The van der Waals surface area contributed by atoms with E-state index in [0.29, 0.717) is 0 Å². The summed E-state index contributed by atoms with van der Waals surface area (Å²) >= 11 is 0. The molecule has 0 amide bonds. The first-order valence-corrected chi connectivity index (χ1v) is 4.87. The van der Waals surface area contributed by atoms with Crippen LogP contribution in [0.5, 0.6) is 0 Å². The molecule has 72 valence electrons. The van der Waals surface area contributed by atoms with Gasteiger partial charge in [-0.15, -0.1) is 0 Å². The van der Waals surface area contributed by atoms with Gasteiger partial charge in [0.2, 0.25) is 0 Å². The van der Waals surface area contributed by atoms with Crippen molar-refractivity contribution in [3.63, 3.8) is 0 Å². The number of rotatable bonds is 1. The monoisotopic (exact) mass is 186 g/mol. The third kappa shape index (κ3) is 1.87. The molecule has 0 aromatic heterocycles. The number of ether oxygens (including phenoxy) is 1. The van der Waals surface area contributed by atoms with Crippen LogP contribution in [0.15, 0.2) is 48.6 Å². The zero-order valence-corrected chi connectivity index (χ0v) is 8.36. The molecule has 2 rings (SSSR count). The molecule has 1 heteroatoms. The Morgan fingerprint density at radius 1 is 1.29 bits per heavy atom. The zero-order valence-electron chi connectivity index (χ0n) is 8.36. The second kappa shape index (κ2) is 3.70. The van der Waals surface area contributed by atoms with Gasteiger partial charge in [-0.2, -0.15) is 0 Å². The predicted molar refractivity (Wildman–Crippen MR) is 58.7 cm³/mol. The van der Waals surface area contributed by atoms with Crippen molar-refractivity contribution in [2.45, 2.75) is 19.4 Å². The van der Waals surface area contributed by atoms with E-state index in [-0.39, 0.29) is 6.10 Å². The first-order chi connectivity index (χ1) is 6.75. The third-order valence-corrected chi connectivity index (χ3v) is 2.27. The molecule has 1 heterocycles. The van der Waals surface area contributed by atoms with E-state index in [0.717, 1.165) is 23.3 Å². The molecule has 14 heavy (non-hydrogen) atoms. The Morgan fingerprint density at radius 3 is 2.64 bits per heavy atom. The van der Waals surface area contributed by atoms with Gasteiger partial charge in [0.1, 0.15) is 5.76 Å². The van der Waals surface area contributed by atoms with E-state index < -0.39 is 0 Å². The van der Waals surface area contributed by atoms with E-state index >= 15 is 0 Å². The lowest BCUT2D eigenvalue weighted by Gasteiger charge is -2.22. The van der Waals surface area contributed by atoms with Gasteiger partial charge in [0.15, 0.2) is 0 Å². The molecule has 0 radical (unpaired) electrons. The first-order valence-electron chi connectivity index (χ1n) is 4.87. The smallest absolute Gasteiger partial charge is 0.127 e. The van der Waals surface area contributed by atoms with E-state index in [9.17, 15) is 0 Å². The molecule has 1 aromatic rings. The molecule has 1 nitrogen and oxygen atoms in total. The van der Waals surface area contributed by atoms with Gasteiger partial charge >= 0.3 is 0 Å². The average Bonchev–Trinajstić information content (AvgIpc) is 2.18. The minimum atomic E-state index is 0.239. The molecule has 1 unspecified atom stereocenters. The van der Waals surface area contributed by atoms with Crippen LogP contribution in [-0.2, 0) is 4.74 Å². The summed E-state index contributed by atoms with van der Waals surface area (Å²) in [6.45, 7) is 6.05. The number of hydrogen-bond donors (Lipinski definition) is 0. The summed E-state index contributed by atoms with van der Waals surface area (Å²) in [5.74, 6) is 0.939. The second-order valence-corrected chi connectivity index (χ2v) is 3.67. The molecule has 0 aliphatic carbocycles. The molecule has 0 fully saturated rings. The van der Waals surface area contributed by atoms with Gasteiger partial charge in [-0.3, -0.25) is 0 Å². The summed E-state index contributed by atoms with van der Waals surface area (Å²) in [6, 6.07) is 10.1. The lowest BCUT2D eigenvalue weighted by molar-refractivity contribution is 0.178. The largest absolute Gasteiger partial charge is 0.490 e. The van der Waals surface area contributed by atoms with E-state index in [1.54, 1.807) is 0 Å². The van der Waals surface area contributed by atoms with Crippen LogP contribution in [0.4, 0.5) is 0 Å². The van der Waals surface area contributed by atoms with Gasteiger partial charge in [0, 0.05) is 12.0 Å².